The molecule has 0 saturated heterocycles. The van der Waals surface area contributed by atoms with Crippen LogP contribution in [0.25, 0.3) is 0 Å². The van der Waals surface area contributed by atoms with Crippen LogP contribution in [0.4, 0.5) is 26.3 Å². The molecule has 1 aliphatic heterocycles. The van der Waals surface area contributed by atoms with E-state index in [0.29, 0.717) is 42.7 Å². The lowest BCUT2D eigenvalue weighted by Gasteiger charge is -2.50. The molecule has 0 aromatic heterocycles. The Morgan fingerprint density at radius 3 is 2.39 bits per heavy atom. The Kier molecular flexibility index (Phi) is 6.69. The second-order valence-corrected chi connectivity index (χ2v) is 11.0. The highest BCUT2D eigenvalue weighted by Gasteiger charge is 2.48. The van der Waals surface area contributed by atoms with Crippen molar-refractivity contribution in [2.45, 2.75) is 81.9 Å². The number of ether oxygens (including phenoxy) is 1. The molecule has 5 rings (SSSR count). The van der Waals surface area contributed by atoms with Crippen molar-refractivity contribution in [3.8, 4) is 5.75 Å². The van der Waals surface area contributed by atoms with Crippen molar-refractivity contribution in [3.63, 3.8) is 0 Å². The van der Waals surface area contributed by atoms with Crippen LogP contribution in [0.2, 0.25) is 0 Å². The van der Waals surface area contributed by atoms with Gasteiger partial charge < -0.3 is 15.2 Å². The van der Waals surface area contributed by atoms with Gasteiger partial charge in [0.15, 0.2) is 0 Å². The highest BCUT2D eigenvalue weighted by atomic mass is 19.4. The molecule has 206 valence electrons. The Bertz CT molecular complexity index is 1210. The Morgan fingerprint density at radius 1 is 1.08 bits per heavy atom. The number of aliphatic carboxylic acids is 1. The van der Waals surface area contributed by atoms with E-state index in [1.807, 2.05) is 18.2 Å². The van der Waals surface area contributed by atoms with Gasteiger partial charge in [-0.3, -0.25) is 4.79 Å². The molecule has 2 aromatic carbocycles. The topological polar surface area (TPSA) is 58.6 Å². The quantitative estimate of drug-likeness (QED) is 0.373. The maximum atomic E-state index is 13.4. The van der Waals surface area contributed by atoms with E-state index in [1.165, 1.54) is 0 Å². The summed E-state index contributed by atoms with van der Waals surface area (Å²) in [7, 11) is 0. The van der Waals surface area contributed by atoms with E-state index in [-0.39, 0.29) is 18.5 Å². The molecule has 2 aliphatic carbocycles. The van der Waals surface area contributed by atoms with Crippen LogP contribution in [0, 0.1) is 11.8 Å². The number of aryl methyl sites for hydroxylation is 1. The second-order valence-electron chi connectivity index (χ2n) is 11.0. The number of carboxylic acids is 1. The first-order valence-corrected chi connectivity index (χ1v) is 12.8. The number of benzene rings is 2. The summed E-state index contributed by atoms with van der Waals surface area (Å²) in [5.74, 6) is -0.392. The fourth-order valence-corrected chi connectivity index (χ4v) is 6.02. The second kappa shape index (κ2) is 9.47. The number of hydrogen-bond acceptors (Lipinski definition) is 3. The molecule has 2 N–H and O–H groups in total. The van der Waals surface area contributed by atoms with E-state index in [4.69, 9.17) is 4.74 Å². The number of carbonyl (C=O) groups is 1. The first kappa shape index (κ1) is 26.8. The van der Waals surface area contributed by atoms with Gasteiger partial charge >= 0.3 is 18.3 Å². The van der Waals surface area contributed by atoms with Crippen LogP contribution in [0.1, 0.15) is 72.8 Å². The summed E-state index contributed by atoms with van der Waals surface area (Å²) in [6, 6.07) is 7.23. The van der Waals surface area contributed by atoms with Gasteiger partial charge in [-0.25, -0.2) is 0 Å². The number of nitrogens with one attached hydrogen (secondary N) is 1. The lowest BCUT2D eigenvalue weighted by Crippen LogP contribution is -2.58. The highest BCUT2D eigenvalue weighted by molar-refractivity contribution is 5.71. The van der Waals surface area contributed by atoms with Crippen LogP contribution in [0.3, 0.4) is 0 Å². The molecule has 4 nitrogen and oxygen atoms in total. The molecule has 2 saturated carbocycles. The van der Waals surface area contributed by atoms with Gasteiger partial charge in [-0.15, -0.1) is 0 Å². The van der Waals surface area contributed by atoms with Gasteiger partial charge in [-0.05, 0) is 78.5 Å². The van der Waals surface area contributed by atoms with Gasteiger partial charge in [0, 0.05) is 25.4 Å². The lowest BCUT2D eigenvalue weighted by atomic mass is 9.70. The van der Waals surface area contributed by atoms with Crippen molar-refractivity contribution in [2.24, 2.45) is 11.8 Å². The molecule has 1 unspecified atom stereocenters. The van der Waals surface area contributed by atoms with Crippen LogP contribution < -0.4 is 10.1 Å². The summed E-state index contributed by atoms with van der Waals surface area (Å²) in [6.45, 7) is 1.39. The zero-order valence-electron chi connectivity index (χ0n) is 20.8. The predicted octanol–water partition coefficient (Wildman–Crippen LogP) is 6.95. The lowest BCUT2D eigenvalue weighted by molar-refractivity contribution is -0.142. The molecular formula is C28H29F6NO3. The fourth-order valence-electron chi connectivity index (χ4n) is 6.02. The van der Waals surface area contributed by atoms with E-state index in [9.17, 15) is 36.2 Å². The number of alkyl halides is 6. The molecular weight excluding hydrogens is 512 g/mol. The van der Waals surface area contributed by atoms with Crippen molar-refractivity contribution >= 4 is 5.97 Å². The number of rotatable bonds is 7. The molecule has 3 aliphatic rings. The summed E-state index contributed by atoms with van der Waals surface area (Å²) >= 11 is 0. The van der Waals surface area contributed by atoms with Gasteiger partial charge in [-0.1, -0.05) is 19.1 Å². The van der Waals surface area contributed by atoms with Crippen molar-refractivity contribution in [1.29, 1.82) is 0 Å². The third kappa shape index (κ3) is 5.37. The normalized spacial score (nSPS) is 24.8. The molecule has 2 aromatic rings. The maximum Gasteiger partial charge on any atom is 0.416 e. The van der Waals surface area contributed by atoms with Crippen LogP contribution in [0.15, 0.2) is 36.4 Å². The average Bonchev–Trinajstić information content (AvgIpc) is 3.65. The maximum absolute atomic E-state index is 13.4. The number of carboxylic acid groups (broad SMARTS) is 1. The number of halogens is 6. The molecule has 0 bridgehead atoms. The fraction of sp³-hybridized carbons (Fsp3) is 0.536. The number of fused-ring (bicyclic) bond motifs is 1. The van der Waals surface area contributed by atoms with Crippen LogP contribution >= 0.6 is 0 Å². The van der Waals surface area contributed by atoms with Crippen LogP contribution in [-0.2, 0) is 30.1 Å². The number of hydrogen-bond donors (Lipinski definition) is 2. The predicted molar refractivity (Wildman–Crippen MR) is 127 cm³/mol. The summed E-state index contributed by atoms with van der Waals surface area (Å²) < 4.78 is 85.9. The Balaban J connectivity index is 1.26. The van der Waals surface area contributed by atoms with Gasteiger partial charge in [0.2, 0.25) is 0 Å². The molecule has 10 heteroatoms. The van der Waals surface area contributed by atoms with Crippen molar-refractivity contribution in [3.05, 3.63) is 64.2 Å². The van der Waals surface area contributed by atoms with Gasteiger partial charge in [0.25, 0.3) is 0 Å². The van der Waals surface area contributed by atoms with E-state index >= 15 is 0 Å². The zero-order valence-corrected chi connectivity index (χ0v) is 20.8. The standard InChI is InChI=1S/C28H29F6NO3/c1-15(25(36)37)24(17-3-4-17)18-5-2-16-8-9-26(38-23(16)11-18)12-21(13-26)35-14-19-10-20(27(29,30)31)6-7-22(19)28(32,33)34/h2,5-7,10-11,15,17,21,24,35H,3-4,8-9,12-14H2,1H3,(H,36,37)/t15-,21?,24?,26?/m0/s1. The molecule has 38 heavy (non-hydrogen) atoms. The molecule has 1 spiro atoms. The smallest absolute Gasteiger partial charge is 0.416 e. The van der Waals surface area contributed by atoms with Crippen molar-refractivity contribution < 1.29 is 41.0 Å². The van der Waals surface area contributed by atoms with Crippen molar-refractivity contribution in [2.75, 3.05) is 0 Å². The first-order chi connectivity index (χ1) is 17.8. The zero-order chi connectivity index (χ0) is 27.5. The van der Waals surface area contributed by atoms with E-state index in [2.05, 4.69) is 5.32 Å². The third-order valence-electron chi connectivity index (χ3n) is 8.27. The van der Waals surface area contributed by atoms with Gasteiger partial charge in [0.05, 0.1) is 17.0 Å². The van der Waals surface area contributed by atoms with E-state index in [1.54, 1.807) is 6.92 Å². The Morgan fingerprint density at radius 2 is 1.79 bits per heavy atom. The van der Waals surface area contributed by atoms with Crippen LogP contribution in [0.5, 0.6) is 5.75 Å². The summed E-state index contributed by atoms with van der Waals surface area (Å²) in [5, 5.41) is 12.6. The molecule has 0 radical (unpaired) electrons. The summed E-state index contributed by atoms with van der Waals surface area (Å²) in [6.07, 6.45) is -4.96. The molecule has 1 heterocycles. The molecule has 2 fully saturated rings. The van der Waals surface area contributed by atoms with Gasteiger partial charge in [-0.2, -0.15) is 26.3 Å². The molecule has 0 amide bonds. The Labute approximate surface area is 216 Å². The Hall–Kier alpha value is -2.75. The summed E-state index contributed by atoms with van der Waals surface area (Å²) in [4.78, 5) is 11.7. The average molecular weight is 542 g/mol. The SMILES string of the molecule is C[C@H](C(=O)O)C(c1ccc2c(c1)OC1(CC2)CC(NCc2cc(C(F)(F)F)ccc2C(F)(F)F)C1)C1CC1. The van der Waals surface area contributed by atoms with Crippen molar-refractivity contribution in [1.82, 2.24) is 5.32 Å². The highest BCUT2D eigenvalue weighted by Crippen LogP contribution is 2.50. The van der Waals surface area contributed by atoms with Gasteiger partial charge in [0.1, 0.15) is 11.4 Å². The largest absolute Gasteiger partial charge is 0.487 e. The minimum Gasteiger partial charge on any atom is -0.487 e. The van der Waals surface area contributed by atoms with E-state index in [0.717, 1.165) is 36.8 Å². The first-order valence-electron chi connectivity index (χ1n) is 12.8. The molecule has 2 atom stereocenters. The third-order valence-corrected chi connectivity index (χ3v) is 8.27. The van der Waals surface area contributed by atoms with Crippen LogP contribution in [-0.4, -0.2) is 22.7 Å². The monoisotopic (exact) mass is 541 g/mol. The minimum atomic E-state index is -4.76. The summed E-state index contributed by atoms with van der Waals surface area (Å²) in [5.41, 5.74) is -1.15. The van der Waals surface area contributed by atoms with E-state index < -0.39 is 46.5 Å². The minimum absolute atomic E-state index is 0.0922.